The van der Waals surface area contributed by atoms with E-state index >= 15 is 0 Å². The number of hydrogen-bond acceptors (Lipinski definition) is 5. The summed E-state index contributed by atoms with van der Waals surface area (Å²) in [5, 5.41) is 13.3. The second-order valence-electron chi connectivity index (χ2n) is 7.58. The van der Waals surface area contributed by atoms with E-state index in [9.17, 15) is 14.7 Å². The molecule has 168 valence electrons. The highest BCUT2D eigenvalue weighted by Gasteiger charge is 2.25. The second-order valence-corrected chi connectivity index (χ2v) is 8.64. The molecule has 0 saturated carbocycles. The molecule has 3 rings (SSSR count). The van der Waals surface area contributed by atoms with Crippen molar-refractivity contribution in [2.75, 3.05) is 25.4 Å². The van der Waals surface area contributed by atoms with Crippen LogP contribution in [0.3, 0.4) is 0 Å². The van der Waals surface area contributed by atoms with E-state index in [0.717, 1.165) is 35.3 Å². The van der Waals surface area contributed by atoms with E-state index in [1.54, 1.807) is 0 Å². The fourth-order valence-electron chi connectivity index (χ4n) is 3.82. The highest BCUT2D eigenvalue weighted by molar-refractivity contribution is 7.99. The van der Waals surface area contributed by atoms with E-state index < -0.39 is 23.3 Å². The van der Waals surface area contributed by atoms with Gasteiger partial charge in [0.05, 0.1) is 25.4 Å². The number of nitrogens with one attached hydrogen (secondary N) is 1. The van der Waals surface area contributed by atoms with Gasteiger partial charge < -0.3 is 10.0 Å². The molecule has 2 aromatic carbocycles. The summed E-state index contributed by atoms with van der Waals surface area (Å²) in [5.41, 5.74) is 1.01. The molecule has 0 aliphatic carbocycles. The molecule has 0 bridgehead atoms. The molecule has 0 atom stereocenters. The number of hydrogen-bond donors (Lipinski definition) is 1. The molecule has 7 heteroatoms. The lowest BCUT2D eigenvalue weighted by Crippen LogP contribution is -3.11. The largest absolute Gasteiger partial charge is 0.858 e. The molecule has 0 radical (unpaired) electrons. The van der Waals surface area contributed by atoms with E-state index in [1.807, 2.05) is 60.7 Å². The summed E-state index contributed by atoms with van der Waals surface area (Å²) in [4.78, 5) is 31.6. The molecule has 0 aliphatic rings. The maximum absolute atomic E-state index is 13.5. The van der Waals surface area contributed by atoms with Gasteiger partial charge in [0.2, 0.25) is 5.91 Å². The van der Waals surface area contributed by atoms with Crippen LogP contribution in [-0.4, -0.2) is 40.8 Å². The topological polar surface area (TPSA) is 79.5 Å². The lowest BCUT2D eigenvalue weighted by molar-refractivity contribution is -0.893. The van der Waals surface area contributed by atoms with Crippen molar-refractivity contribution in [3.8, 4) is 5.88 Å². The number of nitrogens with zero attached hydrogens (tertiary/aromatic N) is 2. The number of carbonyl (C=O) groups is 1. The van der Waals surface area contributed by atoms with E-state index in [2.05, 4.69) is 18.8 Å². The van der Waals surface area contributed by atoms with Gasteiger partial charge in [-0.25, -0.2) is 9.55 Å². The molecule has 1 N–H and O–H groups in total. The van der Waals surface area contributed by atoms with Gasteiger partial charge in [0.25, 0.3) is 5.56 Å². The van der Waals surface area contributed by atoms with Crippen LogP contribution in [0.4, 0.5) is 0 Å². The monoisotopic (exact) mass is 451 g/mol. The molecule has 1 heterocycles. The van der Waals surface area contributed by atoms with E-state index in [1.165, 1.54) is 23.6 Å². The van der Waals surface area contributed by atoms with E-state index in [0.29, 0.717) is 5.75 Å². The normalized spacial score (nSPS) is 11.3. The maximum atomic E-state index is 13.5. The Morgan fingerprint density at radius 1 is 1.03 bits per heavy atom. The van der Waals surface area contributed by atoms with Crippen molar-refractivity contribution >= 4 is 17.7 Å². The molecular formula is C25H29N3O3S. The summed E-state index contributed by atoms with van der Waals surface area (Å²) in [6.07, 6.45) is 0. The molecule has 0 amide bonds. The summed E-state index contributed by atoms with van der Waals surface area (Å²) in [6.45, 7) is 8.41. The van der Waals surface area contributed by atoms with Gasteiger partial charge in [-0.05, 0) is 30.9 Å². The Bertz CT molecular complexity index is 1060. The Balaban J connectivity index is 2.10. The highest BCUT2D eigenvalue weighted by Crippen LogP contribution is 2.33. The Hall–Kier alpha value is -2.90. The Morgan fingerprint density at radius 2 is 1.56 bits per heavy atom. The zero-order valence-corrected chi connectivity index (χ0v) is 19.5. The smallest absolute Gasteiger partial charge is 0.264 e. The molecular weight excluding hydrogens is 422 g/mol. The van der Waals surface area contributed by atoms with Crippen LogP contribution in [0.2, 0.25) is 0 Å². The summed E-state index contributed by atoms with van der Waals surface area (Å²) in [5.74, 6) is -0.963. The summed E-state index contributed by atoms with van der Waals surface area (Å²) >= 11 is 1.29. The average Bonchev–Trinajstić information content (AvgIpc) is 2.80. The van der Waals surface area contributed by atoms with Crippen LogP contribution in [0.5, 0.6) is 5.88 Å². The first kappa shape index (κ1) is 23.8. The van der Waals surface area contributed by atoms with Gasteiger partial charge in [0.1, 0.15) is 0 Å². The third kappa shape index (κ3) is 5.29. The molecule has 0 fully saturated rings. The summed E-state index contributed by atoms with van der Waals surface area (Å²) < 4.78 is 1.05. The minimum Gasteiger partial charge on any atom is -0.858 e. The zero-order valence-electron chi connectivity index (χ0n) is 18.7. The summed E-state index contributed by atoms with van der Waals surface area (Å²) in [6, 6.07) is 18.8. The predicted octanol–water partition coefficient (Wildman–Crippen LogP) is 2.17. The van der Waals surface area contributed by atoms with Crippen molar-refractivity contribution in [1.82, 2.24) is 9.55 Å². The van der Waals surface area contributed by atoms with Crippen molar-refractivity contribution in [2.45, 2.75) is 31.8 Å². The van der Waals surface area contributed by atoms with Gasteiger partial charge in [-0.1, -0.05) is 72.4 Å². The minimum absolute atomic E-state index is 0.00341. The van der Waals surface area contributed by atoms with Gasteiger partial charge in [0.15, 0.2) is 5.16 Å². The molecule has 6 nitrogen and oxygen atoms in total. The van der Waals surface area contributed by atoms with E-state index in [-0.39, 0.29) is 10.7 Å². The molecule has 3 aromatic rings. The lowest BCUT2D eigenvalue weighted by Gasteiger charge is -2.24. The molecule has 0 unspecified atom stereocenters. The number of quaternary nitrogens is 1. The Morgan fingerprint density at radius 3 is 2.03 bits per heavy atom. The van der Waals surface area contributed by atoms with Crippen LogP contribution in [0, 0.1) is 0 Å². The van der Waals surface area contributed by atoms with Gasteiger partial charge in [-0.15, -0.1) is 0 Å². The number of thioether (sulfide) groups is 1. The van der Waals surface area contributed by atoms with Crippen molar-refractivity contribution in [2.24, 2.45) is 0 Å². The van der Waals surface area contributed by atoms with Crippen molar-refractivity contribution < 1.29 is 14.8 Å². The first-order chi connectivity index (χ1) is 15.5. The average molecular weight is 452 g/mol. The fourth-order valence-corrected chi connectivity index (χ4v) is 4.89. The van der Waals surface area contributed by atoms with Crippen LogP contribution >= 0.6 is 11.8 Å². The van der Waals surface area contributed by atoms with Gasteiger partial charge >= 0.3 is 0 Å². The predicted molar refractivity (Wildman–Crippen MR) is 126 cm³/mol. The lowest BCUT2D eigenvalue weighted by atomic mass is 9.86. The van der Waals surface area contributed by atoms with Gasteiger partial charge in [0, 0.05) is 18.4 Å². The highest BCUT2D eigenvalue weighted by atomic mass is 32.2. The second kappa shape index (κ2) is 11.1. The van der Waals surface area contributed by atoms with Gasteiger partial charge in [-0.2, -0.15) is 0 Å². The van der Waals surface area contributed by atoms with Gasteiger partial charge in [-0.3, -0.25) is 9.59 Å². The Labute approximate surface area is 192 Å². The van der Waals surface area contributed by atoms with Crippen molar-refractivity contribution in [3.63, 3.8) is 0 Å². The minimum atomic E-state index is -0.602. The molecule has 1 aromatic heterocycles. The van der Waals surface area contributed by atoms with Crippen LogP contribution in [-0.2, 0) is 0 Å². The standard InChI is InChI=1S/C25H29N3O3S/c1-4-27(5-2)16-17-32-25-26-23(30)22(24(31)28(25)18(3)29)21(19-12-8-6-9-13-19)20-14-10-7-11-15-20/h6-15,21,30H,4-5,16-17H2,1-3H3. The molecule has 0 saturated heterocycles. The number of benzene rings is 2. The zero-order chi connectivity index (χ0) is 23.1. The molecule has 0 aliphatic heterocycles. The number of rotatable bonds is 9. The summed E-state index contributed by atoms with van der Waals surface area (Å²) in [7, 11) is 0. The third-order valence-electron chi connectivity index (χ3n) is 5.61. The van der Waals surface area contributed by atoms with Crippen LogP contribution < -0.4 is 15.6 Å². The van der Waals surface area contributed by atoms with Crippen LogP contribution in [0.1, 0.15) is 48.2 Å². The third-order valence-corrected chi connectivity index (χ3v) is 6.55. The fraction of sp³-hybridized carbons (Fsp3) is 0.320. The number of carbonyl (C=O) groups excluding carboxylic acids is 1. The first-order valence-electron chi connectivity index (χ1n) is 10.9. The quantitative estimate of drug-likeness (QED) is 0.398. The van der Waals surface area contributed by atoms with E-state index in [4.69, 9.17) is 0 Å². The Kier molecular flexibility index (Phi) is 8.25. The SMILES string of the molecule is CC[NH+](CC)CCSc1nc([O-])c(C(c2ccccc2)c2ccccc2)c(=O)n1C(C)=O. The number of aromatic nitrogens is 2. The molecule has 0 spiro atoms. The first-order valence-corrected chi connectivity index (χ1v) is 11.9. The van der Waals surface area contributed by atoms with Crippen LogP contribution in [0.15, 0.2) is 70.6 Å². The maximum Gasteiger partial charge on any atom is 0.264 e. The van der Waals surface area contributed by atoms with Crippen molar-refractivity contribution in [3.05, 3.63) is 87.7 Å². The van der Waals surface area contributed by atoms with Crippen LogP contribution in [0.25, 0.3) is 0 Å². The van der Waals surface area contributed by atoms with Crippen molar-refractivity contribution in [1.29, 1.82) is 0 Å². The molecule has 32 heavy (non-hydrogen) atoms.